The normalized spacial score (nSPS) is 10.9. The Kier molecular flexibility index (Phi) is 3.33. The highest BCUT2D eigenvalue weighted by Gasteiger charge is 2.12. The number of benzene rings is 2. The minimum atomic E-state index is -0.390. The van der Waals surface area contributed by atoms with Crippen LogP contribution in [0.3, 0.4) is 0 Å². The number of rotatable bonds is 1. The summed E-state index contributed by atoms with van der Waals surface area (Å²) in [6.45, 7) is 1.76. The van der Waals surface area contributed by atoms with Crippen LogP contribution in [0, 0.1) is 16.3 Å². The van der Waals surface area contributed by atoms with E-state index in [1.165, 1.54) is 12.1 Å². The van der Waals surface area contributed by atoms with Crippen molar-refractivity contribution in [2.24, 2.45) is 0 Å². The van der Waals surface area contributed by atoms with Gasteiger partial charge >= 0.3 is 0 Å². The van der Waals surface area contributed by atoms with E-state index < -0.39 is 0 Å². The van der Waals surface area contributed by atoms with E-state index in [0.717, 1.165) is 11.3 Å². The van der Waals surface area contributed by atoms with E-state index in [1.54, 1.807) is 6.92 Å². The van der Waals surface area contributed by atoms with Gasteiger partial charge in [-0.25, -0.2) is 4.39 Å². The van der Waals surface area contributed by atoms with Crippen LogP contribution >= 0.6 is 22.6 Å². The van der Waals surface area contributed by atoms with Gasteiger partial charge in [-0.05, 0) is 47.2 Å². The molecule has 4 heteroatoms. The van der Waals surface area contributed by atoms with Gasteiger partial charge < -0.3 is 4.98 Å². The maximum atomic E-state index is 13.5. The lowest BCUT2D eigenvalue weighted by Crippen LogP contribution is -2.10. The third-order valence-electron chi connectivity index (χ3n) is 3.33. The van der Waals surface area contributed by atoms with Crippen molar-refractivity contribution in [3.05, 3.63) is 67.6 Å². The van der Waals surface area contributed by atoms with Crippen LogP contribution in [0.1, 0.15) is 5.56 Å². The number of aromatic amines is 1. The van der Waals surface area contributed by atoms with Crippen molar-refractivity contribution in [1.82, 2.24) is 4.98 Å². The van der Waals surface area contributed by atoms with Gasteiger partial charge in [-0.3, -0.25) is 4.79 Å². The molecule has 0 aliphatic rings. The molecule has 1 aromatic heterocycles. The topological polar surface area (TPSA) is 32.9 Å². The summed E-state index contributed by atoms with van der Waals surface area (Å²) in [5, 5.41) is 0.395. The molecule has 1 heterocycles. The van der Waals surface area contributed by atoms with Crippen molar-refractivity contribution in [3.63, 3.8) is 0 Å². The molecule has 0 atom stereocenters. The fourth-order valence-electron chi connectivity index (χ4n) is 2.31. The molecule has 0 aliphatic heterocycles. The number of halogens is 2. The molecule has 0 radical (unpaired) electrons. The Morgan fingerprint density at radius 3 is 2.55 bits per heavy atom. The Morgan fingerprint density at radius 2 is 1.85 bits per heavy atom. The van der Waals surface area contributed by atoms with Gasteiger partial charge in [0.2, 0.25) is 0 Å². The monoisotopic (exact) mass is 379 g/mol. The zero-order valence-corrected chi connectivity index (χ0v) is 12.9. The average molecular weight is 379 g/mol. The van der Waals surface area contributed by atoms with E-state index in [2.05, 4.69) is 4.98 Å². The lowest BCUT2D eigenvalue weighted by molar-refractivity contribution is 0.628. The first-order chi connectivity index (χ1) is 9.58. The highest BCUT2D eigenvalue weighted by molar-refractivity contribution is 14.1. The van der Waals surface area contributed by atoms with Crippen LogP contribution in [0.2, 0.25) is 0 Å². The van der Waals surface area contributed by atoms with Gasteiger partial charge in [0.15, 0.2) is 5.43 Å². The first-order valence-electron chi connectivity index (χ1n) is 6.15. The zero-order valence-electron chi connectivity index (χ0n) is 10.7. The van der Waals surface area contributed by atoms with Crippen LogP contribution in [-0.4, -0.2) is 4.98 Å². The quantitative estimate of drug-likeness (QED) is 0.631. The number of nitrogens with one attached hydrogen (secondary N) is 1. The molecule has 0 amide bonds. The Bertz CT molecular complexity index is 856. The molecule has 0 bridgehead atoms. The van der Waals surface area contributed by atoms with Crippen LogP contribution in [0.15, 0.2) is 47.3 Å². The molecule has 0 spiro atoms. The van der Waals surface area contributed by atoms with E-state index in [0.29, 0.717) is 20.0 Å². The summed E-state index contributed by atoms with van der Waals surface area (Å²) >= 11 is 2.04. The van der Waals surface area contributed by atoms with Crippen LogP contribution in [-0.2, 0) is 0 Å². The summed E-state index contributed by atoms with van der Waals surface area (Å²) in [5.74, 6) is -0.390. The molecule has 0 saturated carbocycles. The lowest BCUT2D eigenvalue weighted by Gasteiger charge is -2.10. The van der Waals surface area contributed by atoms with Gasteiger partial charge in [-0.1, -0.05) is 30.3 Å². The molecule has 2 aromatic carbocycles. The lowest BCUT2D eigenvalue weighted by atomic mass is 10.0. The molecule has 20 heavy (non-hydrogen) atoms. The van der Waals surface area contributed by atoms with Crippen molar-refractivity contribution in [2.75, 3.05) is 0 Å². The summed E-state index contributed by atoms with van der Waals surface area (Å²) in [5.41, 5.74) is 2.89. The Hall–Kier alpha value is -1.69. The molecule has 0 unspecified atom stereocenters. The van der Waals surface area contributed by atoms with Gasteiger partial charge in [0.05, 0.1) is 11.2 Å². The molecule has 0 fully saturated rings. The standard InChI is InChI=1S/C16H11FINO/c1-9-14(10-5-3-2-4-6-10)19-15-12(16(9)20)7-11(17)8-13(15)18/h2-8H,1H3,(H,19,20). The first kappa shape index (κ1) is 13.3. The van der Waals surface area contributed by atoms with Crippen molar-refractivity contribution >= 4 is 33.5 Å². The summed E-state index contributed by atoms with van der Waals surface area (Å²) in [6.07, 6.45) is 0. The van der Waals surface area contributed by atoms with Crippen LogP contribution in [0.4, 0.5) is 4.39 Å². The zero-order chi connectivity index (χ0) is 14.3. The number of aromatic nitrogens is 1. The Balaban J connectivity index is 2.42. The molecular weight excluding hydrogens is 368 g/mol. The smallest absolute Gasteiger partial charge is 0.193 e. The average Bonchev–Trinajstić information content (AvgIpc) is 2.44. The van der Waals surface area contributed by atoms with Gasteiger partial charge in [0.1, 0.15) is 5.82 Å². The second kappa shape index (κ2) is 5.01. The number of H-pyrrole nitrogens is 1. The maximum Gasteiger partial charge on any atom is 0.193 e. The van der Waals surface area contributed by atoms with E-state index in [4.69, 9.17) is 0 Å². The van der Waals surface area contributed by atoms with Crippen molar-refractivity contribution in [1.29, 1.82) is 0 Å². The minimum Gasteiger partial charge on any atom is -0.353 e. The SMILES string of the molecule is Cc1c(-c2ccccc2)[nH]c2c(I)cc(F)cc2c1=O. The number of pyridine rings is 1. The predicted octanol–water partition coefficient (Wildman–Crippen LogP) is 4.25. The molecule has 3 aromatic rings. The van der Waals surface area contributed by atoms with Crippen molar-refractivity contribution in [3.8, 4) is 11.3 Å². The fraction of sp³-hybridized carbons (Fsp3) is 0.0625. The van der Waals surface area contributed by atoms with Crippen LogP contribution in [0.5, 0.6) is 0 Å². The molecule has 2 nitrogen and oxygen atoms in total. The predicted molar refractivity (Wildman–Crippen MR) is 87.4 cm³/mol. The van der Waals surface area contributed by atoms with Gasteiger partial charge in [-0.2, -0.15) is 0 Å². The van der Waals surface area contributed by atoms with Crippen molar-refractivity contribution < 1.29 is 4.39 Å². The molecular formula is C16H11FINO. The van der Waals surface area contributed by atoms with Gasteiger partial charge in [-0.15, -0.1) is 0 Å². The maximum absolute atomic E-state index is 13.5. The third-order valence-corrected chi connectivity index (χ3v) is 4.18. The first-order valence-corrected chi connectivity index (χ1v) is 7.23. The van der Waals surface area contributed by atoms with Crippen LogP contribution < -0.4 is 5.43 Å². The summed E-state index contributed by atoms with van der Waals surface area (Å²) < 4.78 is 14.2. The molecule has 100 valence electrons. The van der Waals surface area contributed by atoms with E-state index in [9.17, 15) is 9.18 Å². The summed E-state index contributed by atoms with van der Waals surface area (Å²) in [4.78, 5) is 15.7. The van der Waals surface area contributed by atoms with E-state index >= 15 is 0 Å². The number of hydrogen-bond acceptors (Lipinski definition) is 1. The fourth-order valence-corrected chi connectivity index (χ4v) is 3.03. The Labute approximate surface area is 128 Å². The number of fused-ring (bicyclic) bond motifs is 1. The third kappa shape index (κ3) is 2.14. The minimum absolute atomic E-state index is 0.130. The highest BCUT2D eigenvalue weighted by Crippen LogP contribution is 2.25. The summed E-state index contributed by atoms with van der Waals surface area (Å²) in [6, 6.07) is 12.4. The molecule has 3 rings (SSSR count). The van der Waals surface area contributed by atoms with Gasteiger partial charge in [0, 0.05) is 14.5 Å². The second-order valence-corrected chi connectivity index (χ2v) is 5.79. The summed E-state index contributed by atoms with van der Waals surface area (Å²) in [7, 11) is 0. The largest absolute Gasteiger partial charge is 0.353 e. The molecule has 0 aliphatic carbocycles. The van der Waals surface area contributed by atoms with Gasteiger partial charge in [0.25, 0.3) is 0 Å². The van der Waals surface area contributed by atoms with Crippen molar-refractivity contribution in [2.45, 2.75) is 6.92 Å². The van der Waals surface area contributed by atoms with E-state index in [1.807, 2.05) is 52.9 Å². The second-order valence-electron chi connectivity index (χ2n) is 4.63. The molecule has 1 N–H and O–H groups in total. The van der Waals surface area contributed by atoms with Crippen LogP contribution in [0.25, 0.3) is 22.2 Å². The highest BCUT2D eigenvalue weighted by atomic mass is 127. The molecule has 0 saturated heterocycles. The number of hydrogen-bond donors (Lipinski definition) is 1. The Morgan fingerprint density at radius 1 is 1.15 bits per heavy atom. The van der Waals surface area contributed by atoms with E-state index in [-0.39, 0.29) is 11.2 Å².